The first-order chi connectivity index (χ1) is 9.67. The average Bonchev–Trinajstić information content (AvgIpc) is 2.48. The van der Waals surface area contributed by atoms with Crippen LogP contribution in [-0.4, -0.2) is 30.6 Å². The predicted molar refractivity (Wildman–Crippen MR) is 75.4 cm³/mol. The number of anilines is 1. The summed E-state index contributed by atoms with van der Waals surface area (Å²) in [6.45, 7) is 5.51. The van der Waals surface area contributed by atoms with E-state index in [4.69, 9.17) is 4.74 Å². The molecule has 2 heterocycles. The maximum Gasteiger partial charge on any atom is 0.340 e. The number of aryl methyl sites for hydroxylation is 1. The summed E-state index contributed by atoms with van der Waals surface area (Å²) in [6.07, 6.45) is 4.34. The molecule has 5 nitrogen and oxygen atoms in total. The van der Waals surface area contributed by atoms with Gasteiger partial charge in [0.05, 0.1) is 23.4 Å². The van der Waals surface area contributed by atoms with Gasteiger partial charge in [0, 0.05) is 13.1 Å². The molecule has 1 aromatic heterocycles. The van der Waals surface area contributed by atoms with Gasteiger partial charge in [0.25, 0.3) is 0 Å². The summed E-state index contributed by atoms with van der Waals surface area (Å²) < 4.78 is 4.99. The highest BCUT2D eigenvalue weighted by molar-refractivity contribution is 5.91. The van der Waals surface area contributed by atoms with Crippen molar-refractivity contribution in [2.75, 3.05) is 24.6 Å². The third-order valence-corrected chi connectivity index (χ3v) is 3.29. The average molecular weight is 272 g/mol. The van der Waals surface area contributed by atoms with E-state index in [0.29, 0.717) is 29.2 Å². The van der Waals surface area contributed by atoms with E-state index in [1.54, 1.807) is 19.9 Å². The van der Waals surface area contributed by atoms with Gasteiger partial charge in [-0.1, -0.05) is 0 Å². The minimum Gasteiger partial charge on any atom is -0.462 e. The normalized spacial score (nSPS) is 14.8. The van der Waals surface area contributed by atoms with E-state index in [2.05, 4.69) is 22.4 Å². The van der Waals surface area contributed by atoms with Crippen LogP contribution in [-0.2, 0) is 4.74 Å². The minimum atomic E-state index is -0.425. The van der Waals surface area contributed by atoms with Crippen LogP contribution in [0.1, 0.15) is 41.4 Å². The molecule has 20 heavy (non-hydrogen) atoms. The molecule has 1 aliphatic heterocycles. The summed E-state index contributed by atoms with van der Waals surface area (Å²) in [5.74, 6) is 0.236. The molecule has 0 N–H and O–H groups in total. The quantitative estimate of drug-likeness (QED) is 0.789. The van der Waals surface area contributed by atoms with Crippen molar-refractivity contribution in [1.82, 2.24) is 4.98 Å². The van der Waals surface area contributed by atoms with Gasteiger partial charge >= 0.3 is 5.97 Å². The Kier molecular flexibility index (Phi) is 4.57. The Hall–Kier alpha value is -2.09. The zero-order chi connectivity index (χ0) is 14.5. The smallest absolute Gasteiger partial charge is 0.340 e. The van der Waals surface area contributed by atoms with Crippen molar-refractivity contribution in [3.63, 3.8) is 0 Å². The van der Waals surface area contributed by atoms with E-state index >= 15 is 0 Å². The van der Waals surface area contributed by atoms with Gasteiger partial charge < -0.3 is 9.64 Å². The standard InChI is InChI=1S/C15H18N3O2/c1-3-20-15(19)13-9-12(10-16)14(17-11(13)2)18-7-5-4-6-8-18/h5,9H,3-4,6-8H2,1-2H3. The molecule has 1 aliphatic rings. The van der Waals surface area contributed by atoms with Crippen LogP contribution in [0.15, 0.2) is 6.07 Å². The van der Waals surface area contributed by atoms with E-state index in [-0.39, 0.29) is 0 Å². The fourth-order valence-corrected chi connectivity index (χ4v) is 2.29. The summed E-state index contributed by atoms with van der Waals surface area (Å²) in [6, 6.07) is 3.72. The van der Waals surface area contributed by atoms with Gasteiger partial charge in [-0.05, 0) is 39.2 Å². The van der Waals surface area contributed by atoms with Crippen molar-refractivity contribution in [1.29, 1.82) is 5.26 Å². The molecule has 0 spiro atoms. The Labute approximate surface area is 119 Å². The van der Waals surface area contributed by atoms with E-state index in [1.165, 1.54) is 0 Å². The predicted octanol–water partition coefficient (Wildman–Crippen LogP) is 2.24. The summed E-state index contributed by atoms with van der Waals surface area (Å²) in [7, 11) is 0. The van der Waals surface area contributed by atoms with Crippen LogP contribution in [0.5, 0.6) is 0 Å². The first kappa shape index (κ1) is 14.3. The number of rotatable bonds is 3. The molecular formula is C15H18N3O2. The molecule has 1 radical (unpaired) electrons. The molecule has 1 fully saturated rings. The molecule has 0 unspecified atom stereocenters. The summed E-state index contributed by atoms with van der Waals surface area (Å²) >= 11 is 0. The van der Waals surface area contributed by atoms with E-state index in [0.717, 1.165) is 25.9 Å². The first-order valence-corrected chi connectivity index (χ1v) is 6.82. The van der Waals surface area contributed by atoms with Crippen molar-refractivity contribution in [2.24, 2.45) is 0 Å². The lowest BCUT2D eigenvalue weighted by Gasteiger charge is -2.28. The molecule has 2 rings (SSSR count). The van der Waals surface area contributed by atoms with Crippen LogP contribution in [0, 0.1) is 24.7 Å². The Morgan fingerprint density at radius 1 is 1.60 bits per heavy atom. The second kappa shape index (κ2) is 6.38. The number of carbonyl (C=O) groups excluding carboxylic acids is 1. The maximum absolute atomic E-state index is 11.8. The molecule has 5 heteroatoms. The summed E-state index contributed by atoms with van der Waals surface area (Å²) in [5, 5.41) is 9.30. The fourth-order valence-electron chi connectivity index (χ4n) is 2.29. The molecule has 0 atom stereocenters. The van der Waals surface area contributed by atoms with Crippen molar-refractivity contribution >= 4 is 11.8 Å². The van der Waals surface area contributed by atoms with E-state index in [9.17, 15) is 10.1 Å². The number of nitriles is 1. The molecule has 0 aliphatic carbocycles. The number of nitrogens with zero attached hydrogens (tertiary/aromatic N) is 3. The number of carbonyl (C=O) groups is 1. The molecule has 0 aromatic carbocycles. The Morgan fingerprint density at radius 2 is 2.40 bits per heavy atom. The zero-order valence-corrected chi connectivity index (χ0v) is 11.8. The number of hydrogen-bond acceptors (Lipinski definition) is 5. The van der Waals surface area contributed by atoms with Gasteiger partial charge in [-0.15, -0.1) is 0 Å². The van der Waals surface area contributed by atoms with Crippen LogP contribution in [0.3, 0.4) is 0 Å². The van der Waals surface area contributed by atoms with Crippen molar-refractivity contribution < 1.29 is 9.53 Å². The number of esters is 1. The lowest BCUT2D eigenvalue weighted by Crippen LogP contribution is -2.31. The maximum atomic E-state index is 11.8. The van der Waals surface area contributed by atoms with Crippen molar-refractivity contribution in [2.45, 2.75) is 26.7 Å². The number of aromatic nitrogens is 1. The molecule has 0 bridgehead atoms. The number of hydrogen-bond donors (Lipinski definition) is 0. The largest absolute Gasteiger partial charge is 0.462 e. The van der Waals surface area contributed by atoms with Gasteiger partial charge in [-0.2, -0.15) is 5.26 Å². The van der Waals surface area contributed by atoms with Crippen LogP contribution in [0.25, 0.3) is 0 Å². The van der Waals surface area contributed by atoms with Crippen LogP contribution in [0.4, 0.5) is 5.82 Å². The lowest BCUT2D eigenvalue weighted by molar-refractivity contribution is 0.0525. The summed E-state index contributed by atoms with van der Waals surface area (Å²) in [5.41, 5.74) is 1.39. The molecule has 0 amide bonds. The van der Waals surface area contributed by atoms with E-state index in [1.807, 2.05) is 0 Å². The molecule has 1 saturated heterocycles. The number of ether oxygens (including phenoxy) is 1. The van der Waals surface area contributed by atoms with Crippen LogP contribution >= 0.6 is 0 Å². The fraction of sp³-hybridized carbons (Fsp3) is 0.467. The Balaban J connectivity index is 2.37. The van der Waals surface area contributed by atoms with Crippen molar-refractivity contribution in [3.8, 4) is 6.07 Å². The van der Waals surface area contributed by atoms with Gasteiger partial charge in [0.15, 0.2) is 0 Å². The van der Waals surface area contributed by atoms with Crippen LogP contribution in [0.2, 0.25) is 0 Å². The second-order valence-corrected chi connectivity index (χ2v) is 4.70. The molecular weight excluding hydrogens is 254 g/mol. The highest BCUT2D eigenvalue weighted by Crippen LogP contribution is 2.24. The number of pyridine rings is 1. The molecule has 1 aromatic rings. The molecule has 0 saturated carbocycles. The molecule has 105 valence electrons. The second-order valence-electron chi connectivity index (χ2n) is 4.70. The first-order valence-electron chi connectivity index (χ1n) is 6.82. The third-order valence-electron chi connectivity index (χ3n) is 3.29. The highest BCUT2D eigenvalue weighted by atomic mass is 16.5. The van der Waals surface area contributed by atoms with Gasteiger partial charge in [0.2, 0.25) is 0 Å². The SMILES string of the molecule is CCOC(=O)c1cc(C#N)c(N2C[CH]CCC2)nc1C. The van der Waals surface area contributed by atoms with Gasteiger partial charge in [-0.3, -0.25) is 0 Å². The summed E-state index contributed by atoms with van der Waals surface area (Å²) in [4.78, 5) is 18.4. The topological polar surface area (TPSA) is 66.2 Å². The minimum absolute atomic E-state index is 0.309. The van der Waals surface area contributed by atoms with Gasteiger partial charge in [0.1, 0.15) is 11.9 Å². The van der Waals surface area contributed by atoms with Crippen LogP contribution < -0.4 is 4.90 Å². The van der Waals surface area contributed by atoms with E-state index < -0.39 is 5.97 Å². The Morgan fingerprint density at radius 3 is 3.00 bits per heavy atom. The third kappa shape index (κ3) is 2.90. The number of piperidine rings is 1. The Bertz CT molecular complexity index is 543. The highest BCUT2D eigenvalue weighted by Gasteiger charge is 2.20. The monoisotopic (exact) mass is 272 g/mol. The van der Waals surface area contributed by atoms with Crippen molar-refractivity contribution in [3.05, 3.63) is 29.3 Å². The van der Waals surface area contributed by atoms with Gasteiger partial charge in [-0.25, -0.2) is 9.78 Å². The zero-order valence-electron chi connectivity index (χ0n) is 11.8. The lowest BCUT2D eigenvalue weighted by atomic mass is 10.1.